The van der Waals surface area contributed by atoms with Crippen LogP contribution in [0.1, 0.15) is 28.8 Å². The maximum absolute atomic E-state index is 11.1. The largest absolute Gasteiger partial charge is 0.385 e. The number of nitrogens with one attached hydrogen (secondary N) is 1. The molecule has 0 unspecified atom stereocenters. The topological polar surface area (TPSA) is 64.4 Å². The zero-order valence-electron chi connectivity index (χ0n) is 10.7. The predicted molar refractivity (Wildman–Crippen MR) is 71.7 cm³/mol. The number of rotatable bonds is 4. The summed E-state index contributed by atoms with van der Waals surface area (Å²) >= 11 is 0. The van der Waals surface area contributed by atoms with E-state index in [4.69, 9.17) is 10.5 Å². The molecule has 4 heteroatoms. The molecule has 0 radical (unpaired) electrons. The van der Waals surface area contributed by atoms with Crippen LogP contribution in [0.5, 0.6) is 0 Å². The highest BCUT2D eigenvalue weighted by atomic mass is 16.5. The van der Waals surface area contributed by atoms with E-state index in [0.29, 0.717) is 11.5 Å². The van der Waals surface area contributed by atoms with E-state index in [1.54, 1.807) is 6.07 Å². The molecule has 1 saturated heterocycles. The van der Waals surface area contributed by atoms with Crippen LogP contribution in [-0.2, 0) is 4.74 Å². The summed E-state index contributed by atoms with van der Waals surface area (Å²) in [7, 11) is 0. The van der Waals surface area contributed by atoms with E-state index in [9.17, 15) is 4.79 Å². The van der Waals surface area contributed by atoms with Crippen LogP contribution in [0.25, 0.3) is 0 Å². The summed E-state index contributed by atoms with van der Waals surface area (Å²) in [6, 6.07) is 5.52. The molecule has 1 aliphatic heterocycles. The second kappa shape index (κ2) is 5.87. The van der Waals surface area contributed by atoms with Crippen molar-refractivity contribution in [1.29, 1.82) is 0 Å². The Bertz CT molecular complexity index is 426. The van der Waals surface area contributed by atoms with Crippen LogP contribution in [-0.4, -0.2) is 25.7 Å². The second-order valence-electron chi connectivity index (χ2n) is 4.83. The summed E-state index contributed by atoms with van der Waals surface area (Å²) in [6.45, 7) is 4.68. The quantitative estimate of drug-likeness (QED) is 0.855. The molecule has 0 saturated carbocycles. The molecule has 1 aliphatic rings. The number of anilines is 1. The average Bonchev–Trinajstić information content (AvgIpc) is 2.38. The lowest BCUT2D eigenvalue weighted by atomic mass is 10.00. The first-order chi connectivity index (χ1) is 8.66. The van der Waals surface area contributed by atoms with Crippen molar-refractivity contribution >= 4 is 11.6 Å². The first-order valence-corrected chi connectivity index (χ1v) is 6.39. The molecule has 1 amide bonds. The molecular weight excluding hydrogens is 228 g/mol. The summed E-state index contributed by atoms with van der Waals surface area (Å²) in [6.07, 6.45) is 2.23. The number of carbonyl (C=O) groups is 1. The maximum atomic E-state index is 11.1. The van der Waals surface area contributed by atoms with Gasteiger partial charge in [0.1, 0.15) is 0 Å². The number of primary amides is 1. The van der Waals surface area contributed by atoms with Gasteiger partial charge >= 0.3 is 0 Å². The van der Waals surface area contributed by atoms with E-state index in [0.717, 1.165) is 43.9 Å². The summed E-state index contributed by atoms with van der Waals surface area (Å²) in [5, 5.41) is 3.44. The highest BCUT2D eigenvalue weighted by molar-refractivity contribution is 5.93. The molecule has 4 nitrogen and oxygen atoms in total. The van der Waals surface area contributed by atoms with Gasteiger partial charge in [0.15, 0.2) is 0 Å². The third kappa shape index (κ3) is 3.23. The lowest BCUT2D eigenvalue weighted by molar-refractivity contribution is 0.0699. The van der Waals surface area contributed by atoms with Crippen molar-refractivity contribution in [2.75, 3.05) is 25.1 Å². The Morgan fingerprint density at radius 3 is 2.78 bits per heavy atom. The number of benzene rings is 1. The van der Waals surface area contributed by atoms with Gasteiger partial charge in [0.2, 0.25) is 5.91 Å². The number of carbonyl (C=O) groups excluding carboxylic acids is 1. The second-order valence-corrected chi connectivity index (χ2v) is 4.83. The summed E-state index contributed by atoms with van der Waals surface area (Å²) in [4.78, 5) is 11.1. The minimum Gasteiger partial charge on any atom is -0.385 e. The van der Waals surface area contributed by atoms with Crippen LogP contribution in [0, 0.1) is 12.8 Å². The van der Waals surface area contributed by atoms with Gasteiger partial charge in [-0.1, -0.05) is 0 Å². The zero-order chi connectivity index (χ0) is 13.0. The number of ether oxygens (including phenoxy) is 1. The van der Waals surface area contributed by atoms with Gasteiger partial charge in [0.05, 0.1) is 0 Å². The fraction of sp³-hybridized carbons (Fsp3) is 0.500. The predicted octanol–water partition coefficient (Wildman–Crippen LogP) is 1.93. The Kier molecular flexibility index (Phi) is 4.20. The van der Waals surface area contributed by atoms with E-state index in [2.05, 4.69) is 5.32 Å². The summed E-state index contributed by atoms with van der Waals surface area (Å²) in [5.41, 5.74) is 7.94. The van der Waals surface area contributed by atoms with Gasteiger partial charge in [0, 0.05) is 31.0 Å². The van der Waals surface area contributed by atoms with Crippen LogP contribution in [0.4, 0.5) is 5.69 Å². The first-order valence-electron chi connectivity index (χ1n) is 6.39. The molecule has 0 aliphatic carbocycles. The van der Waals surface area contributed by atoms with E-state index in [-0.39, 0.29) is 5.91 Å². The third-order valence-corrected chi connectivity index (χ3v) is 3.43. The van der Waals surface area contributed by atoms with E-state index >= 15 is 0 Å². The van der Waals surface area contributed by atoms with Crippen molar-refractivity contribution in [2.45, 2.75) is 19.8 Å². The van der Waals surface area contributed by atoms with E-state index in [1.165, 1.54) is 0 Å². The molecule has 3 N–H and O–H groups in total. The summed E-state index contributed by atoms with van der Waals surface area (Å²) in [5.74, 6) is 0.294. The van der Waals surface area contributed by atoms with Crippen LogP contribution in [0.2, 0.25) is 0 Å². The molecule has 2 rings (SSSR count). The Balaban J connectivity index is 1.94. The Morgan fingerprint density at radius 1 is 1.44 bits per heavy atom. The lowest BCUT2D eigenvalue weighted by Gasteiger charge is -2.23. The molecule has 1 aromatic carbocycles. The molecule has 1 fully saturated rings. The fourth-order valence-corrected chi connectivity index (χ4v) is 2.22. The average molecular weight is 248 g/mol. The number of amides is 1. The Labute approximate surface area is 108 Å². The molecule has 0 atom stereocenters. The SMILES string of the molecule is Cc1cc(C(N)=O)ccc1NCC1CCOCC1. The first kappa shape index (κ1) is 12.9. The van der Waals surface area contributed by atoms with Gasteiger partial charge in [-0.15, -0.1) is 0 Å². The Hall–Kier alpha value is -1.55. The van der Waals surface area contributed by atoms with E-state index < -0.39 is 0 Å². The molecular formula is C14H20N2O2. The minimum atomic E-state index is -0.380. The lowest BCUT2D eigenvalue weighted by Crippen LogP contribution is -2.23. The van der Waals surface area contributed by atoms with Gasteiger partial charge in [-0.25, -0.2) is 0 Å². The van der Waals surface area contributed by atoms with Gasteiger partial charge < -0.3 is 15.8 Å². The van der Waals surface area contributed by atoms with Crippen molar-refractivity contribution in [1.82, 2.24) is 0 Å². The summed E-state index contributed by atoms with van der Waals surface area (Å²) < 4.78 is 5.34. The standard InChI is InChI=1S/C14H20N2O2/c1-10-8-12(14(15)17)2-3-13(10)16-9-11-4-6-18-7-5-11/h2-3,8,11,16H,4-7,9H2,1H3,(H2,15,17). The number of hydrogen-bond acceptors (Lipinski definition) is 3. The van der Waals surface area contributed by atoms with Crippen LogP contribution < -0.4 is 11.1 Å². The molecule has 0 bridgehead atoms. The highest BCUT2D eigenvalue weighted by Gasteiger charge is 2.13. The molecule has 1 aromatic rings. The van der Waals surface area contributed by atoms with Gasteiger partial charge in [-0.2, -0.15) is 0 Å². The van der Waals surface area contributed by atoms with Gasteiger partial charge in [0.25, 0.3) is 0 Å². The monoisotopic (exact) mass is 248 g/mol. The normalized spacial score (nSPS) is 16.5. The highest BCUT2D eigenvalue weighted by Crippen LogP contribution is 2.19. The van der Waals surface area contributed by atoms with Crippen molar-refractivity contribution in [3.8, 4) is 0 Å². The molecule has 0 aromatic heterocycles. The number of nitrogens with two attached hydrogens (primary N) is 1. The third-order valence-electron chi connectivity index (χ3n) is 3.43. The van der Waals surface area contributed by atoms with Crippen LogP contribution in [0.3, 0.4) is 0 Å². The van der Waals surface area contributed by atoms with Crippen LogP contribution in [0.15, 0.2) is 18.2 Å². The van der Waals surface area contributed by atoms with Crippen LogP contribution >= 0.6 is 0 Å². The molecule has 98 valence electrons. The maximum Gasteiger partial charge on any atom is 0.248 e. The molecule has 0 spiro atoms. The molecule has 1 heterocycles. The number of hydrogen-bond donors (Lipinski definition) is 2. The van der Waals surface area contributed by atoms with Crippen molar-refractivity contribution in [2.24, 2.45) is 11.7 Å². The Morgan fingerprint density at radius 2 is 2.17 bits per heavy atom. The fourth-order valence-electron chi connectivity index (χ4n) is 2.22. The van der Waals surface area contributed by atoms with Gasteiger partial charge in [-0.3, -0.25) is 4.79 Å². The van der Waals surface area contributed by atoms with Gasteiger partial charge in [-0.05, 0) is 49.4 Å². The van der Waals surface area contributed by atoms with Crippen molar-refractivity contribution in [3.63, 3.8) is 0 Å². The smallest absolute Gasteiger partial charge is 0.248 e. The minimum absolute atomic E-state index is 0.380. The van der Waals surface area contributed by atoms with E-state index in [1.807, 2.05) is 19.1 Å². The number of aryl methyl sites for hydroxylation is 1. The zero-order valence-corrected chi connectivity index (χ0v) is 10.7. The molecule has 18 heavy (non-hydrogen) atoms. The van der Waals surface area contributed by atoms with Crippen molar-refractivity contribution < 1.29 is 9.53 Å². The van der Waals surface area contributed by atoms with Crippen molar-refractivity contribution in [3.05, 3.63) is 29.3 Å².